The van der Waals surface area contributed by atoms with Crippen LogP contribution in [0.1, 0.15) is 98.1 Å². The summed E-state index contributed by atoms with van der Waals surface area (Å²) in [7, 11) is 0. The molecule has 0 heterocycles. The minimum Gasteiger partial charge on any atom is -0.445 e. The van der Waals surface area contributed by atoms with Gasteiger partial charge in [-0.3, -0.25) is 28.8 Å². The predicted octanol–water partition coefficient (Wildman–Crippen LogP) is 3.74. The lowest BCUT2D eigenvalue weighted by molar-refractivity contribution is -0.130. The molecule has 2 aromatic rings. The molecule has 0 radical (unpaired) electrons. The molecule has 0 fully saturated rings. The molecule has 8 amide bonds. The van der Waals surface area contributed by atoms with Crippen molar-refractivity contribution in [1.29, 1.82) is 0 Å². The number of carbonyl (C=O) groups excluding carboxylic acids is 8. The van der Waals surface area contributed by atoms with Crippen LogP contribution in [0, 0.1) is 16.7 Å². The third-order valence-electron chi connectivity index (χ3n) is 18.8. The van der Waals surface area contributed by atoms with Crippen molar-refractivity contribution in [1.82, 2.24) is 42.5 Å². The van der Waals surface area contributed by atoms with Crippen LogP contribution in [0.3, 0.4) is 0 Å². The quantitative estimate of drug-likeness (QED) is 0.0437. The number of carbonyl (C=O) groups is 8. The average molecular weight is 1950 g/mol. The molecule has 0 aliphatic heterocycles. The van der Waals surface area contributed by atoms with Crippen molar-refractivity contribution < 1.29 is 162 Å². The molecule has 0 spiro atoms. The van der Waals surface area contributed by atoms with Gasteiger partial charge in [-0.2, -0.15) is 0 Å². The zero-order valence-electron chi connectivity index (χ0n) is 82.2. The SMILES string of the molecule is CCCOCCOCCOCCOCCNC(=O)CCOCCOCCOCCOCCNC(=O)CCOCCOCCOCCOCCNC(=O)C(NC(=O)OCc1ccccc1)C(NC(=O)OCc1ccccc1)C(=O)NCCOCCOCCOCCOCCC(=O)NCCOCCOCCOCCOCCC(=O)NCCOCCOCCOCCOCCC(C(C)(C)C)C(C)(C)C. The minimum absolute atomic E-state index is 0.00976. The fraction of sp³-hybridized carbons (Fsp3) is 0.787. The van der Waals surface area contributed by atoms with Crippen molar-refractivity contribution in [3.05, 3.63) is 71.8 Å². The standard InChI is InChI=1S/C94H166N8O34/c1-8-30-111-42-54-123-66-72-129-60-48-117-36-24-95-83(103)20-32-113-44-56-125-68-74-131-62-50-119-38-26-97-85(105)22-34-115-46-58-127-70-76-133-64-52-121-40-28-99-89(107)87(101-91(109)135-78-80-15-11-9-12-16-80)88(102-92(110)136-79-81-17-13-10-14-18-81)90(108)100-29-41-122-53-65-134-77-71-128-59-47-116-35-23-86(106)98-27-39-120-51-63-132-75-69-126-57-45-114-33-21-84(104)96-25-37-118-49-61-130-73-67-124-55-43-112-31-19-82(93(2,3)4)94(5,6)7/h9-18,82,87-88H,8,19-79H2,1-7H3,(H,95,103)(H,96,104)(H,97,105)(H,98,106)(H,99,107)(H,100,108)(H,101,109)(H,102,110). The first-order chi connectivity index (χ1) is 66.3. The summed E-state index contributed by atoms with van der Waals surface area (Å²) in [6.07, 6.45) is 0.707. The molecule has 136 heavy (non-hydrogen) atoms. The van der Waals surface area contributed by atoms with Crippen LogP contribution < -0.4 is 42.5 Å². The Morgan fingerprint density at radius 2 is 0.419 bits per heavy atom. The highest BCUT2D eigenvalue weighted by Crippen LogP contribution is 2.42. The molecule has 2 rings (SSSR count). The number of rotatable bonds is 98. The molecule has 0 aliphatic carbocycles. The number of benzene rings is 2. The van der Waals surface area contributed by atoms with Gasteiger partial charge < -0.3 is 166 Å². The molecule has 2 aromatic carbocycles. The van der Waals surface area contributed by atoms with Crippen molar-refractivity contribution in [3.8, 4) is 0 Å². The van der Waals surface area contributed by atoms with Crippen LogP contribution in [0.4, 0.5) is 9.59 Å². The summed E-state index contributed by atoms with van der Waals surface area (Å²) in [5.74, 6) is -1.75. The van der Waals surface area contributed by atoms with Gasteiger partial charge in [-0.25, -0.2) is 9.59 Å². The van der Waals surface area contributed by atoms with Gasteiger partial charge in [0.25, 0.3) is 0 Å². The van der Waals surface area contributed by atoms with Crippen LogP contribution in [0.15, 0.2) is 60.7 Å². The van der Waals surface area contributed by atoms with E-state index in [1.807, 2.05) is 0 Å². The second-order valence-electron chi connectivity index (χ2n) is 32.1. The molecule has 2 atom stereocenters. The summed E-state index contributed by atoms with van der Waals surface area (Å²) < 4.78 is 144. The van der Waals surface area contributed by atoms with Crippen molar-refractivity contribution in [3.63, 3.8) is 0 Å². The number of hydrogen-bond donors (Lipinski definition) is 8. The van der Waals surface area contributed by atoms with Crippen LogP contribution in [0.2, 0.25) is 0 Å². The molecule has 786 valence electrons. The largest absolute Gasteiger partial charge is 0.445 e. The molecule has 0 aliphatic rings. The van der Waals surface area contributed by atoms with Gasteiger partial charge >= 0.3 is 12.2 Å². The van der Waals surface area contributed by atoms with Crippen molar-refractivity contribution in [2.45, 2.75) is 112 Å². The van der Waals surface area contributed by atoms with E-state index in [9.17, 15) is 38.4 Å². The van der Waals surface area contributed by atoms with E-state index in [0.717, 1.165) is 26.1 Å². The number of nitrogens with one attached hydrogen (secondary N) is 8. The third kappa shape index (κ3) is 81.7. The molecule has 0 aromatic heterocycles. The zero-order chi connectivity index (χ0) is 98.5. The summed E-state index contributed by atoms with van der Waals surface area (Å²) in [6.45, 7) is 33.9. The lowest BCUT2D eigenvalue weighted by atomic mass is 9.65. The Hall–Kier alpha value is -7.16. The highest BCUT2D eigenvalue weighted by molar-refractivity contribution is 5.96. The maximum atomic E-state index is 14.0. The molecule has 42 nitrogen and oxygen atoms in total. The Labute approximate surface area is 805 Å². The fourth-order valence-corrected chi connectivity index (χ4v) is 12.2. The number of ether oxygens (including phenoxy) is 26. The molecule has 42 heteroatoms. The van der Waals surface area contributed by atoms with Gasteiger partial charge in [0, 0.05) is 78.2 Å². The van der Waals surface area contributed by atoms with Gasteiger partial charge in [0.15, 0.2) is 0 Å². The molecule has 8 N–H and O–H groups in total. The first-order valence-electron chi connectivity index (χ1n) is 47.7. The molecule has 0 saturated heterocycles. The van der Waals surface area contributed by atoms with Crippen LogP contribution in [0.5, 0.6) is 0 Å². The lowest BCUT2D eigenvalue weighted by Gasteiger charge is -2.41. The normalized spacial score (nSPS) is 12.1. The highest BCUT2D eigenvalue weighted by Gasteiger charge is 2.38. The molecule has 2 unspecified atom stereocenters. The van der Waals surface area contributed by atoms with Gasteiger partial charge in [0.2, 0.25) is 35.4 Å². The van der Waals surface area contributed by atoms with Gasteiger partial charge in [0.1, 0.15) is 25.3 Å². The number of amides is 8. The minimum atomic E-state index is -1.72. The maximum Gasteiger partial charge on any atom is 0.408 e. The van der Waals surface area contributed by atoms with E-state index in [1.54, 1.807) is 60.7 Å². The lowest BCUT2D eigenvalue weighted by Crippen LogP contribution is -2.64. The summed E-state index contributed by atoms with van der Waals surface area (Å²) in [6, 6.07) is 14.1. The molecular formula is C94H166N8O34. The van der Waals surface area contributed by atoms with Crippen LogP contribution in [-0.4, -0.2) is 416 Å². The average Bonchev–Trinajstić information content (AvgIpc) is 0.834. The van der Waals surface area contributed by atoms with Gasteiger partial charge in [0.05, 0.1) is 304 Å². The van der Waals surface area contributed by atoms with E-state index in [4.69, 9.17) is 123 Å². The van der Waals surface area contributed by atoms with Crippen molar-refractivity contribution in [2.75, 3.05) is 356 Å². The maximum absolute atomic E-state index is 14.0. The second-order valence-corrected chi connectivity index (χ2v) is 32.1. The second kappa shape index (κ2) is 91.6. The van der Waals surface area contributed by atoms with Crippen LogP contribution >= 0.6 is 0 Å². The van der Waals surface area contributed by atoms with E-state index >= 15 is 0 Å². The number of hydrogen-bond acceptors (Lipinski definition) is 34. The molecule has 0 bridgehead atoms. The first kappa shape index (κ1) is 125. The first-order valence-corrected chi connectivity index (χ1v) is 47.7. The monoisotopic (exact) mass is 1950 g/mol. The van der Waals surface area contributed by atoms with Gasteiger partial charge in [-0.15, -0.1) is 0 Å². The highest BCUT2D eigenvalue weighted by atomic mass is 16.6. The van der Waals surface area contributed by atoms with E-state index in [2.05, 4.69) is 91.0 Å². The Morgan fingerprint density at radius 3 is 0.625 bits per heavy atom. The van der Waals surface area contributed by atoms with Crippen LogP contribution in [-0.2, 0) is 165 Å². The summed E-state index contributed by atoms with van der Waals surface area (Å²) in [5, 5.41) is 21.4. The summed E-state index contributed by atoms with van der Waals surface area (Å²) in [5.41, 5.74) is 1.76. The van der Waals surface area contributed by atoms with Gasteiger partial charge in [-0.05, 0) is 40.7 Å². The van der Waals surface area contributed by atoms with Crippen molar-refractivity contribution in [2.24, 2.45) is 16.7 Å². The van der Waals surface area contributed by atoms with Gasteiger partial charge in [-0.1, -0.05) is 109 Å². The Balaban J connectivity index is 1.48. The fourth-order valence-electron chi connectivity index (χ4n) is 12.2. The van der Waals surface area contributed by atoms with E-state index < -0.39 is 36.1 Å². The zero-order valence-corrected chi connectivity index (χ0v) is 82.2. The predicted molar refractivity (Wildman–Crippen MR) is 501 cm³/mol. The molecule has 0 saturated carbocycles. The van der Waals surface area contributed by atoms with E-state index in [-0.39, 0.29) is 205 Å². The van der Waals surface area contributed by atoms with E-state index in [0.29, 0.717) is 228 Å². The third-order valence-corrected chi connectivity index (χ3v) is 18.8. The summed E-state index contributed by atoms with van der Waals surface area (Å²) >= 11 is 0. The number of alkyl carbamates (subject to hydrolysis) is 2. The summed E-state index contributed by atoms with van der Waals surface area (Å²) in [4.78, 5) is 103. The molecular weight excluding hydrogens is 1790 g/mol. The Morgan fingerprint density at radius 1 is 0.235 bits per heavy atom. The van der Waals surface area contributed by atoms with Crippen LogP contribution in [0.25, 0.3) is 0 Å². The smallest absolute Gasteiger partial charge is 0.408 e. The van der Waals surface area contributed by atoms with E-state index in [1.165, 1.54) is 0 Å². The van der Waals surface area contributed by atoms with Crippen molar-refractivity contribution >= 4 is 47.6 Å². The topological polar surface area (TPSA) is 473 Å². The Kier molecular flexibility index (Phi) is 84.1. The Bertz CT molecular complexity index is 3040.